The first-order valence-electron chi connectivity index (χ1n) is 12.9. The van der Waals surface area contributed by atoms with Gasteiger partial charge >= 0.3 is 5.69 Å². The topological polar surface area (TPSA) is 45.8 Å². The Morgan fingerprint density at radius 3 is 2.77 bits per heavy atom. The van der Waals surface area contributed by atoms with Crippen molar-refractivity contribution in [3.8, 4) is 0 Å². The Hall–Kier alpha value is -2.31. The highest BCUT2D eigenvalue weighted by Gasteiger charge is 2.17. The second-order valence-corrected chi connectivity index (χ2v) is 5.88. The molecule has 0 aliphatic carbocycles. The Kier molecular flexibility index (Phi) is 2.62. The van der Waals surface area contributed by atoms with Crippen LogP contribution in [0.25, 0.3) is 5.65 Å². The first kappa shape index (κ1) is 9.06. The van der Waals surface area contributed by atoms with Crippen LogP contribution in [0.15, 0.2) is 53.5 Å². The van der Waals surface area contributed by atoms with E-state index in [1.807, 2.05) is 0 Å². The van der Waals surface area contributed by atoms with Gasteiger partial charge in [0.2, 0.25) is 0 Å². The van der Waals surface area contributed by atoms with Crippen molar-refractivity contribution in [2.75, 3.05) is 37.4 Å². The summed E-state index contributed by atoms with van der Waals surface area (Å²) in [6, 6.07) is 10.1. The first-order valence-corrected chi connectivity index (χ1v) is 8.25. The number of aryl methyl sites for hydroxylation is 1. The second kappa shape index (κ2) is 7.51. The smallest absolute Gasteiger partial charge is 0.350 e. The number of anilines is 1. The van der Waals surface area contributed by atoms with Gasteiger partial charge in [0.15, 0.2) is 5.65 Å². The van der Waals surface area contributed by atoms with E-state index in [-0.39, 0.29) is 21.3 Å². The van der Waals surface area contributed by atoms with E-state index in [9.17, 15) is 4.79 Å². The number of rotatable bonds is 5. The number of nitrogens with zero attached hydrogens (tertiary/aromatic N) is 5. The molecule has 7 heteroatoms. The fraction of sp³-hybridized carbons (Fsp3) is 0.368. The van der Waals surface area contributed by atoms with Crippen molar-refractivity contribution in [1.82, 2.24) is 19.1 Å². The molecule has 1 saturated heterocycles. The first-order chi connectivity index (χ1) is 16.5. The van der Waals surface area contributed by atoms with Gasteiger partial charge in [0, 0.05) is 64.2 Å². The van der Waals surface area contributed by atoms with E-state index in [2.05, 4.69) is 5.10 Å². The lowest BCUT2D eigenvalue weighted by molar-refractivity contribution is 0.248. The van der Waals surface area contributed by atoms with Gasteiger partial charge in [-0.05, 0) is 36.8 Å². The summed E-state index contributed by atoms with van der Waals surface area (Å²) in [6.07, 6.45) is 0.768. The van der Waals surface area contributed by atoms with Crippen LogP contribution in [0.1, 0.15) is 20.1 Å². The predicted molar refractivity (Wildman–Crippen MR) is 104 cm³/mol. The molecule has 0 spiro atoms. The summed E-state index contributed by atoms with van der Waals surface area (Å²) in [5.41, 5.74) is -0.526. The third-order valence-corrected chi connectivity index (χ3v) is 3.93. The van der Waals surface area contributed by atoms with Crippen LogP contribution in [0.5, 0.6) is 0 Å². The van der Waals surface area contributed by atoms with Crippen molar-refractivity contribution < 1.29 is 13.7 Å². The van der Waals surface area contributed by atoms with Crippen molar-refractivity contribution >= 4 is 22.9 Å². The van der Waals surface area contributed by atoms with Crippen molar-refractivity contribution in [2.45, 2.75) is 13.0 Å². The molecule has 3 heterocycles. The summed E-state index contributed by atoms with van der Waals surface area (Å²) in [6.45, 7) is -16.7. The molecule has 0 radical (unpaired) electrons. The van der Waals surface area contributed by atoms with Gasteiger partial charge in [0.25, 0.3) is 0 Å². The zero-order valence-electron chi connectivity index (χ0n) is 23.6. The van der Waals surface area contributed by atoms with E-state index in [1.165, 1.54) is 34.9 Å². The number of hydrogen-bond donors (Lipinski definition) is 0. The fourth-order valence-electron chi connectivity index (χ4n) is 2.46. The van der Waals surface area contributed by atoms with Gasteiger partial charge in [-0.15, -0.1) is 5.10 Å². The van der Waals surface area contributed by atoms with Crippen molar-refractivity contribution in [3.63, 3.8) is 0 Å². The van der Waals surface area contributed by atoms with E-state index < -0.39 is 51.1 Å². The summed E-state index contributed by atoms with van der Waals surface area (Å²) in [4.78, 5) is 12.8. The highest BCUT2D eigenvalue weighted by Crippen LogP contribution is 2.20. The van der Waals surface area contributed by atoms with Gasteiger partial charge in [-0.3, -0.25) is 9.30 Å². The van der Waals surface area contributed by atoms with Crippen LogP contribution >= 0.6 is 11.6 Å². The van der Waals surface area contributed by atoms with E-state index in [0.29, 0.717) is 4.90 Å². The number of pyridine rings is 1. The molecule has 1 aliphatic rings. The Balaban J connectivity index is 1.76. The minimum absolute atomic E-state index is 0.0606. The summed E-state index contributed by atoms with van der Waals surface area (Å²) in [5.74, 6) is 0. The van der Waals surface area contributed by atoms with Gasteiger partial charge in [-0.2, -0.15) is 0 Å². The van der Waals surface area contributed by atoms with Crippen LogP contribution in [0.3, 0.4) is 0 Å². The van der Waals surface area contributed by atoms with Gasteiger partial charge in [-0.25, -0.2) is 9.48 Å². The lowest BCUT2D eigenvalue weighted by Crippen LogP contribution is -2.46. The maximum atomic E-state index is 12.6. The third kappa shape index (κ3) is 3.61. The standard InChI is InChI=1S/C19H22ClN5O/c20-16-5-3-6-17(15-16)23-13-11-22(12-14-23)8-4-10-25-19(26)24-9-2-1-7-18(24)21-25/h1-3,5-7,9,15H,4,8,10-14H2/i8D2,11D2,12D2,13D2,14D2. The van der Waals surface area contributed by atoms with Crippen LogP contribution in [0.2, 0.25) is 5.02 Å². The molecule has 1 aromatic carbocycles. The quantitative estimate of drug-likeness (QED) is 0.680. The van der Waals surface area contributed by atoms with Crippen LogP contribution < -0.4 is 10.6 Å². The largest absolute Gasteiger partial charge is 0.369 e. The molecule has 0 amide bonds. The molecule has 6 nitrogen and oxygen atoms in total. The molecule has 136 valence electrons. The summed E-state index contributed by atoms with van der Waals surface area (Å²) in [5, 5.41) is 4.17. The number of halogens is 1. The lowest BCUT2D eigenvalue weighted by atomic mass is 10.2. The minimum Gasteiger partial charge on any atom is -0.369 e. The zero-order valence-corrected chi connectivity index (χ0v) is 14.3. The van der Waals surface area contributed by atoms with Crippen LogP contribution in [0, 0.1) is 0 Å². The van der Waals surface area contributed by atoms with E-state index in [0.717, 1.165) is 4.68 Å². The third-order valence-electron chi connectivity index (χ3n) is 3.70. The molecule has 26 heavy (non-hydrogen) atoms. The molecule has 4 rings (SSSR count). The fourth-order valence-corrected chi connectivity index (χ4v) is 2.65. The predicted octanol–water partition coefficient (Wildman–Crippen LogP) is 2.36. The number of hydrogen-bond acceptors (Lipinski definition) is 4. The molecule has 0 atom stereocenters. The number of benzene rings is 1. The van der Waals surface area contributed by atoms with Crippen molar-refractivity contribution in [2.24, 2.45) is 0 Å². The number of aromatic nitrogens is 3. The average molecular weight is 382 g/mol. The van der Waals surface area contributed by atoms with Crippen molar-refractivity contribution in [1.29, 1.82) is 0 Å². The summed E-state index contributed by atoms with van der Waals surface area (Å²) >= 11 is 5.97. The molecule has 0 bridgehead atoms. The molecular weight excluding hydrogens is 350 g/mol. The van der Waals surface area contributed by atoms with E-state index >= 15 is 0 Å². The molecule has 0 unspecified atom stereocenters. The normalized spacial score (nSPS) is 29.7. The summed E-state index contributed by atoms with van der Waals surface area (Å²) < 4.78 is 87.4. The zero-order chi connectivity index (χ0) is 26.9. The minimum atomic E-state index is -3.39. The Morgan fingerprint density at radius 1 is 1.15 bits per heavy atom. The summed E-state index contributed by atoms with van der Waals surface area (Å²) in [7, 11) is 0. The van der Waals surface area contributed by atoms with Crippen LogP contribution in [-0.2, 0) is 6.54 Å². The van der Waals surface area contributed by atoms with Gasteiger partial charge in [0.05, 0.1) is 5.48 Å². The Bertz CT molecular complexity index is 1330. The Labute approximate surface area is 171 Å². The molecule has 0 saturated carbocycles. The molecule has 1 fully saturated rings. The SMILES string of the molecule is [2H]C([2H])(CCn1nc2ccccn2c1=O)N1C([2H])([2H])C([2H])([2H])N(c2cccc(Cl)c2)C([2H])([2H])C1([2H])[2H]. The highest BCUT2D eigenvalue weighted by molar-refractivity contribution is 6.30. The molecule has 0 N–H and O–H groups in total. The molecule has 3 aromatic rings. The van der Waals surface area contributed by atoms with Crippen LogP contribution in [-0.4, -0.2) is 51.6 Å². The van der Waals surface area contributed by atoms with E-state index in [1.54, 1.807) is 18.2 Å². The number of piperazine rings is 1. The maximum absolute atomic E-state index is 12.6. The average Bonchev–Trinajstić information content (AvgIpc) is 3.06. The van der Waals surface area contributed by atoms with Crippen molar-refractivity contribution in [3.05, 3.63) is 64.2 Å². The second-order valence-electron chi connectivity index (χ2n) is 5.44. The lowest BCUT2D eigenvalue weighted by Gasteiger charge is -2.36. The van der Waals surface area contributed by atoms with E-state index in [4.69, 9.17) is 25.3 Å². The Morgan fingerprint density at radius 2 is 2.00 bits per heavy atom. The molecule has 2 aromatic heterocycles. The van der Waals surface area contributed by atoms with Gasteiger partial charge in [-0.1, -0.05) is 23.7 Å². The van der Waals surface area contributed by atoms with Gasteiger partial charge in [0.1, 0.15) is 0 Å². The van der Waals surface area contributed by atoms with Gasteiger partial charge < -0.3 is 4.90 Å². The molecule has 1 aliphatic heterocycles. The maximum Gasteiger partial charge on any atom is 0.350 e. The highest BCUT2D eigenvalue weighted by atomic mass is 35.5. The monoisotopic (exact) mass is 381 g/mol. The van der Waals surface area contributed by atoms with Crippen LogP contribution in [0.4, 0.5) is 5.69 Å². The molecular formula is C19H22ClN5O. The number of fused-ring (bicyclic) bond motifs is 1.